The minimum absolute atomic E-state index is 0.0972. The van der Waals surface area contributed by atoms with E-state index in [1.165, 1.54) is 0 Å². The van der Waals surface area contributed by atoms with Gasteiger partial charge in [-0.1, -0.05) is 0 Å². The lowest BCUT2D eigenvalue weighted by Gasteiger charge is -2.05. The summed E-state index contributed by atoms with van der Waals surface area (Å²) in [5.41, 5.74) is 9.62. The van der Waals surface area contributed by atoms with E-state index in [2.05, 4.69) is 4.74 Å². The molecule has 0 unspecified atom stereocenters. The number of aromatic nitrogens is 1. The molecule has 1 heterocycles. The Bertz CT molecular complexity index is 428. The van der Waals surface area contributed by atoms with Gasteiger partial charge in [0.25, 0.3) is 0 Å². The molecule has 88 valence electrons. The third-order valence-corrected chi connectivity index (χ3v) is 1.84. The van der Waals surface area contributed by atoms with Crippen molar-refractivity contribution in [1.82, 2.24) is 4.57 Å². The highest BCUT2D eigenvalue weighted by molar-refractivity contribution is 5.90. The first-order valence-electron chi connectivity index (χ1n) is 4.56. The Labute approximate surface area is 91.0 Å². The van der Waals surface area contributed by atoms with Crippen LogP contribution in [0.4, 0.5) is 10.1 Å². The van der Waals surface area contributed by atoms with E-state index in [4.69, 9.17) is 11.5 Å². The van der Waals surface area contributed by atoms with Crippen molar-refractivity contribution in [2.45, 2.75) is 13.5 Å². The average molecular weight is 229 g/mol. The maximum absolute atomic E-state index is 13.4. The Morgan fingerprint density at radius 1 is 1.56 bits per heavy atom. The molecule has 0 atom stereocenters. The minimum atomic E-state index is -0.903. The number of hydrogen-bond acceptors (Lipinski definition) is 4. The number of carbonyl (C=O) groups excluding carboxylic acids is 2. The van der Waals surface area contributed by atoms with Crippen LogP contribution < -0.4 is 11.5 Å². The fourth-order valence-corrected chi connectivity index (χ4v) is 1.25. The summed E-state index contributed by atoms with van der Waals surface area (Å²) in [4.78, 5) is 22.1. The molecule has 7 heteroatoms. The molecule has 1 rings (SSSR count). The zero-order valence-electron chi connectivity index (χ0n) is 8.70. The number of anilines is 1. The van der Waals surface area contributed by atoms with Crippen molar-refractivity contribution in [3.05, 3.63) is 17.7 Å². The number of carbonyl (C=O) groups is 2. The van der Waals surface area contributed by atoms with E-state index in [1.54, 1.807) is 6.92 Å². The Morgan fingerprint density at radius 2 is 2.19 bits per heavy atom. The molecule has 0 spiro atoms. The molecule has 4 N–H and O–H groups in total. The molecule has 1 amide bonds. The van der Waals surface area contributed by atoms with Crippen LogP contribution >= 0.6 is 0 Å². The Kier molecular flexibility index (Phi) is 3.49. The third-order valence-electron chi connectivity index (χ3n) is 1.84. The molecule has 0 saturated carbocycles. The number of nitrogen functional groups attached to an aromatic ring is 1. The van der Waals surface area contributed by atoms with Gasteiger partial charge in [-0.3, -0.25) is 4.79 Å². The average Bonchev–Trinajstić information content (AvgIpc) is 2.41. The molecule has 0 fully saturated rings. The van der Waals surface area contributed by atoms with E-state index in [0.29, 0.717) is 0 Å². The number of nitrogens with two attached hydrogens (primary N) is 2. The van der Waals surface area contributed by atoms with Crippen molar-refractivity contribution >= 4 is 17.6 Å². The Balaban J connectivity index is 3.13. The fourth-order valence-electron chi connectivity index (χ4n) is 1.25. The van der Waals surface area contributed by atoms with Crippen LogP contribution in [0.1, 0.15) is 17.4 Å². The van der Waals surface area contributed by atoms with Crippen LogP contribution in [0.5, 0.6) is 0 Å². The lowest BCUT2D eigenvalue weighted by Crippen LogP contribution is -2.22. The van der Waals surface area contributed by atoms with E-state index in [9.17, 15) is 14.0 Å². The van der Waals surface area contributed by atoms with Crippen molar-refractivity contribution in [2.75, 3.05) is 12.3 Å². The minimum Gasteiger partial charge on any atom is -0.461 e. The highest BCUT2D eigenvalue weighted by atomic mass is 19.1. The summed E-state index contributed by atoms with van der Waals surface area (Å²) in [7, 11) is 0. The van der Waals surface area contributed by atoms with Gasteiger partial charge in [0.05, 0.1) is 12.3 Å². The summed E-state index contributed by atoms with van der Waals surface area (Å²) >= 11 is 0. The topological polar surface area (TPSA) is 100 Å². The van der Waals surface area contributed by atoms with Crippen LogP contribution in [0.3, 0.4) is 0 Å². The van der Waals surface area contributed by atoms with Gasteiger partial charge in [0, 0.05) is 6.20 Å². The molecular formula is C9H12FN3O3. The molecule has 16 heavy (non-hydrogen) atoms. The van der Waals surface area contributed by atoms with Crippen molar-refractivity contribution < 1.29 is 18.7 Å². The van der Waals surface area contributed by atoms with Gasteiger partial charge in [-0.15, -0.1) is 0 Å². The van der Waals surface area contributed by atoms with Crippen LogP contribution in [0.15, 0.2) is 6.20 Å². The number of ether oxygens (including phenoxy) is 1. The van der Waals surface area contributed by atoms with E-state index in [0.717, 1.165) is 10.8 Å². The van der Waals surface area contributed by atoms with Gasteiger partial charge in [-0.2, -0.15) is 0 Å². The number of amides is 1. The molecule has 0 aliphatic carbocycles. The maximum atomic E-state index is 13.4. The summed E-state index contributed by atoms with van der Waals surface area (Å²) in [6.45, 7) is 1.35. The second-order valence-electron chi connectivity index (χ2n) is 3.06. The molecule has 0 radical (unpaired) electrons. The highest BCUT2D eigenvalue weighted by Gasteiger charge is 2.22. The van der Waals surface area contributed by atoms with Crippen molar-refractivity contribution in [1.29, 1.82) is 0 Å². The standard InChI is InChI=1S/C9H12FN3O3/c1-2-16-9(15)8-7(10)5(11)3-13(8)4-6(12)14/h3H,2,4,11H2,1H3,(H2,12,14). The zero-order valence-corrected chi connectivity index (χ0v) is 8.70. The van der Waals surface area contributed by atoms with Crippen LogP contribution in [-0.2, 0) is 16.1 Å². The van der Waals surface area contributed by atoms with Crippen LogP contribution in [0.2, 0.25) is 0 Å². The second-order valence-corrected chi connectivity index (χ2v) is 3.06. The summed E-state index contributed by atoms with van der Waals surface area (Å²) in [6, 6.07) is 0. The lowest BCUT2D eigenvalue weighted by molar-refractivity contribution is -0.118. The third kappa shape index (κ3) is 2.30. The number of halogens is 1. The van der Waals surface area contributed by atoms with Gasteiger partial charge < -0.3 is 20.8 Å². The predicted octanol–water partition coefficient (Wildman–Crippen LogP) is -0.129. The highest BCUT2D eigenvalue weighted by Crippen LogP contribution is 2.18. The van der Waals surface area contributed by atoms with E-state index >= 15 is 0 Å². The van der Waals surface area contributed by atoms with E-state index in [1.807, 2.05) is 0 Å². The van der Waals surface area contributed by atoms with Crippen LogP contribution in [0, 0.1) is 5.82 Å². The monoisotopic (exact) mass is 229 g/mol. The van der Waals surface area contributed by atoms with Gasteiger partial charge in [0.15, 0.2) is 11.5 Å². The van der Waals surface area contributed by atoms with Gasteiger partial charge in [-0.05, 0) is 6.92 Å². The quantitative estimate of drug-likeness (QED) is 0.702. The molecule has 0 bridgehead atoms. The van der Waals surface area contributed by atoms with Crippen molar-refractivity contribution in [3.63, 3.8) is 0 Å². The molecule has 0 aliphatic heterocycles. The summed E-state index contributed by atoms with van der Waals surface area (Å²) in [5, 5.41) is 0. The normalized spacial score (nSPS) is 10.1. The summed E-state index contributed by atoms with van der Waals surface area (Å²) in [5.74, 6) is -2.49. The number of nitrogens with zero attached hydrogens (tertiary/aromatic N) is 1. The molecule has 1 aromatic heterocycles. The summed E-state index contributed by atoms with van der Waals surface area (Å²) < 4.78 is 19.1. The zero-order chi connectivity index (χ0) is 12.3. The molecule has 0 aromatic carbocycles. The lowest BCUT2D eigenvalue weighted by atomic mass is 10.4. The van der Waals surface area contributed by atoms with E-state index in [-0.39, 0.29) is 18.8 Å². The van der Waals surface area contributed by atoms with Crippen LogP contribution in [0.25, 0.3) is 0 Å². The second kappa shape index (κ2) is 4.65. The largest absolute Gasteiger partial charge is 0.461 e. The van der Waals surface area contributed by atoms with Gasteiger partial charge in [0.1, 0.15) is 6.54 Å². The van der Waals surface area contributed by atoms with Gasteiger partial charge in [-0.25, -0.2) is 9.18 Å². The SMILES string of the molecule is CCOC(=O)c1c(F)c(N)cn1CC(N)=O. The Hall–Kier alpha value is -2.05. The van der Waals surface area contributed by atoms with Gasteiger partial charge in [0.2, 0.25) is 5.91 Å². The number of primary amides is 1. The number of hydrogen-bond donors (Lipinski definition) is 2. The predicted molar refractivity (Wildman–Crippen MR) is 54.0 cm³/mol. The molecule has 6 nitrogen and oxygen atoms in total. The molecular weight excluding hydrogens is 217 g/mol. The maximum Gasteiger partial charge on any atom is 0.358 e. The van der Waals surface area contributed by atoms with Crippen LogP contribution in [-0.4, -0.2) is 23.1 Å². The van der Waals surface area contributed by atoms with E-state index < -0.39 is 23.4 Å². The first-order valence-corrected chi connectivity index (χ1v) is 4.56. The smallest absolute Gasteiger partial charge is 0.358 e. The van der Waals surface area contributed by atoms with Gasteiger partial charge >= 0.3 is 5.97 Å². The van der Waals surface area contributed by atoms with Crippen molar-refractivity contribution in [2.24, 2.45) is 5.73 Å². The molecule has 1 aromatic rings. The Morgan fingerprint density at radius 3 is 2.69 bits per heavy atom. The molecule has 0 saturated heterocycles. The summed E-state index contributed by atoms with van der Waals surface area (Å²) in [6.07, 6.45) is 1.13. The fraction of sp³-hybridized carbons (Fsp3) is 0.333. The number of rotatable bonds is 4. The number of esters is 1. The van der Waals surface area contributed by atoms with Crippen molar-refractivity contribution in [3.8, 4) is 0 Å². The molecule has 0 aliphatic rings. The first kappa shape index (κ1) is 12.0. The first-order chi connectivity index (χ1) is 7.47.